The molecule has 1 unspecified atom stereocenters. The van der Waals surface area contributed by atoms with Crippen LogP contribution in [0.15, 0.2) is 72.3 Å². The first-order valence-corrected chi connectivity index (χ1v) is 11.8. The van der Waals surface area contributed by atoms with Gasteiger partial charge in [-0.05, 0) is 74.0 Å². The number of anilines is 1. The second-order valence-corrected chi connectivity index (χ2v) is 8.57. The van der Waals surface area contributed by atoms with E-state index in [1.54, 1.807) is 66.7 Å². The van der Waals surface area contributed by atoms with E-state index in [1.807, 2.05) is 13.8 Å². The minimum absolute atomic E-state index is 0.0790. The Hall–Kier alpha value is -3.48. The van der Waals surface area contributed by atoms with Gasteiger partial charge in [0, 0.05) is 16.3 Å². The van der Waals surface area contributed by atoms with Crippen molar-refractivity contribution in [1.29, 1.82) is 0 Å². The standard InChI is InChI=1S/C27H23Cl2NO5/c1-3-34-19-11-5-16(6-12-19)24-23(25(31)21-15-20(35-4-2)13-14-22(21)29)26(32)27(33)30(24)18-9-7-17(28)8-10-18/h5-15,24,31H,3-4H2,1-2H3/b25-23+. The zero-order chi connectivity index (χ0) is 25.1. The van der Waals surface area contributed by atoms with Crippen LogP contribution in [0.5, 0.6) is 11.5 Å². The molecule has 1 aliphatic heterocycles. The molecule has 1 amide bonds. The first kappa shape index (κ1) is 24.6. The van der Waals surface area contributed by atoms with Gasteiger partial charge >= 0.3 is 0 Å². The number of ketones is 1. The zero-order valence-corrected chi connectivity index (χ0v) is 20.6. The smallest absolute Gasteiger partial charge is 0.300 e. The molecule has 8 heteroatoms. The summed E-state index contributed by atoms with van der Waals surface area (Å²) in [5.74, 6) is -0.862. The minimum Gasteiger partial charge on any atom is -0.507 e. The molecule has 0 aromatic heterocycles. The van der Waals surface area contributed by atoms with E-state index < -0.39 is 17.7 Å². The van der Waals surface area contributed by atoms with Crippen LogP contribution in [-0.4, -0.2) is 30.0 Å². The van der Waals surface area contributed by atoms with Crippen LogP contribution in [0.4, 0.5) is 5.69 Å². The fraction of sp³-hybridized carbons (Fsp3) is 0.185. The average Bonchev–Trinajstić information content (AvgIpc) is 3.12. The van der Waals surface area contributed by atoms with Crippen LogP contribution in [0.3, 0.4) is 0 Å². The van der Waals surface area contributed by atoms with Gasteiger partial charge in [-0.2, -0.15) is 0 Å². The molecule has 1 atom stereocenters. The predicted molar refractivity (Wildman–Crippen MR) is 136 cm³/mol. The van der Waals surface area contributed by atoms with Gasteiger partial charge in [0.25, 0.3) is 11.7 Å². The molecule has 0 saturated carbocycles. The molecule has 4 rings (SSSR count). The van der Waals surface area contributed by atoms with E-state index in [-0.39, 0.29) is 21.9 Å². The molecule has 3 aromatic rings. The number of carbonyl (C=O) groups excluding carboxylic acids is 2. The number of amides is 1. The first-order chi connectivity index (χ1) is 16.8. The van der Waals surface area contributed by atoms with Crippen LogP contribution in [-0.2, 0) is 9.59 Å². The molecule has 0 radical (unpaired) electrons. The highest BCUT2D eigenvalue weighted by atomic mass is 35.5. The fourth-order valence-electron chi connectivity index (χ4n) is 4.02. The summed E-state index contributed by atoms with van der Waals surface area (Å²) >= 11 is 12.4. The number of Topliss-reactive ketones (excluding diaryl/α,β-unsaturated/α-hetero) is 1. The van der Waals surface area contributed by atoms with Gasteiger partial charge in [0.15, 0.2) is 0 Å². The quantitative estimate of drug-likeness (QED) is 0.225. The van der Waals surface area contributed by atoms with Crippen molar-refractivity contribution < 1.29 is 24.2 Å². The number of rotatable bonds is 7. The van der Waals surface area contributed by atoms with Crippen LogP contribution in [0.25, 0.3) is 5.76 Å². The summed E-state index contributed by atoms with van der Waals surface area (Å²) in [5, 5.41) is 12.1. The number of carbonyl (C=O) groups is 2. The number of aliphatic hydroxyl groups is 1. The molecular formula is C27H23Cl2NO5. The average molecular weight is 512 g/mol. The fourth-order valence-corrected chi connectivity index (χ4v) is 4.35. The lowest BCUT2D eigenvalue weighted by atomic mass is 9.95. The van der Waals surface area contributed by atoms with Gasteiger partial charge in [-0.15, -0.1) is 0 Å². The lowest BCUT2D eigenvalue weighted by Crippen LogP contribution is -2.29. The lowest BCUT2D eigenvalue weighted by Gasteiger charge is -2.25. The van der Waals surface area contributed by atoms with E-state index in [0.29, 0.717) is 41.0 Å². The number of halogens is 2. The third-order valence-electron chi connectivity index (χ3n) is 5.56. The number of hydrogen-bond acceptors (Lipinski definition) is 5. The largest absolute Gasteiger partial charge is 0.507 e. The second-order valence-electron chi connectivity index (χ2n) is 7.72. The monoisotopic (exact) mass is 511 g/mol. The number of nitrogens with zero attached hydrogens (tertiary/aromatic N) is 1. The van der Waals surface area contributed by atoms with Gasteiger partial charge in [-0.3, -0.25) is 14.5 Å². The Morgan fingerprint density at radius 2 is 1.49 bits per heavy atom. The molecule has 0 spiro atoms. The van der Waals surface area contributed by atoms with Crippen molar-refractivity contribution in [1.82, 2.24) is 0 Å². The minimum atomic E-state index is -0.904. The highest BCUT2D eigenvalue weighted by Crippen LogP contribution is 2.43. The Labute approximate surface area is 213 Å². The third kappa shape index (κ3) is 4.85. The Bertz CT molecular complexity index is 1290. The molecular weight excluding hydrogens is 489 g/mol. The van der Waals surface area contributed by atoms with Crippen molar-refractivity contribution >= 4 is 46.3 Å². The number of benzene rings is 3. The summed E-state index contributed by atoms with van der Waals surface area (Å²) < 4.78 is 11.1. The summed E-state index contributed by atoms with van der Waals surface area (Å²) in [6.45, 7) is 4.62. The Balaban J connectivity index is 1.92. The molecule has 1 heterocycles. The summed E-state index contributed by atoms with van der Waals surface area (Å²) in [4.78, 5) is 27.9. The van der Waals surface area contributed by atoms with Crippen LogP contribution in [0.1, 0.15) is 31.0 Å². The Morgan fingerprint density at radius 3 is 2.11 bits per heavy atom. The molecule has 35 heavy (non-hydrogen) atoms. The number of ether oxygens (including phenoxy) is 2. The molecule has 1 saturated heterocycles. The van der Waals surface area contributed by atoms with Gasteiger partial charge < -0.3 is 14.6 Å². The molecule has 1 aliphatic rings. The Kier molecular flexibility index (Phi) is 7.34. The lowest BCUT2D eigenvalue weighted by molar-refractivity contribution is -0.132. The normalized spacial score (nSPS) is 17.0. The summed E-state index contributed by atoms with van der Waals surface area (Å²) in [7, 11) is 0. The van der Waals surface area contributed by atoms with Gasteiger partial charge in [0.1, 0.15) is 17.3 Å². The molecule has 0 aliphatic carbocycles. The van der Waals surface area contributed by atoms with Crippen LogP contribution in [0.2, 0.25) is 10.0 Å². The molecule has 1 fully saturated rings. The van der Waals surface area contributed by atoms with Crippen molar-refractivity contribution in [3.05, 3.63) is 93.5 Å². The summed E-state index contributed by atoms with van der Waals surface area (Å²) in [5.41, 5.74) is 1.19. The zero-order valence-electron chi connectivity index (χ0n) is 19.1. The van der Waals surface area contributed by atoms with E-state index in [4.69, 9.17) is 32.7 Å². The second kappa shape index (κ2) is 10.4. The predicted octanol–water partition coefficient (Wildman–Crippen LogP) is 6.42. The molecule has 3 aromatic carbocycles. The van der Waals surface area contributed by atoms with Gasteiger partial charge in [-0.25, -0.2) is 0 Å². The van der Waals surface area contributed by atoms with Crippen LogP contribution in [0, 0.1) is 0 Å². The van der Waals surface area contributed by atoms with Gasteiger partial charge in [0.05, 0.1) is 29.9 Å². The maximum Gasteiger partial charge on any atom is 0.300 e. The van der Waals surface area contributed by atoms with Gasteiger partial charge in [-0.1, -0.05) is 35.3 Å². The van der Waals surface area contributed by atoms with E-state index in [9.17, 15) is 14.7 Å². The van der Waals surface area contributed by atoms with E-state index in [1.165, 1.54) is 4.90 Å². The molecule has 6 nitrogen and oxygen atoms in total. The highest BCUT2D eigenvalue weighted by Gasteiger charge is 2.47. The first-order valence-electron chi connectivity index (χ1n) is 11.1. The Morgan fingerprint density at radius 1 is 0.886 bits per heavy atom. The topological polar surface area (TPSA) is 76.1 Å². The van der Waals surface area contributed by atoms with Crippen molar-refractivity contribution in [3.63, 3.8) is 0 Å². The summed E-state index contributed by atoms with van der Waals surface area (Å²) in [6, 6.07) is 17.5. The van der Waals surface area contributed by atoms with Gasteiger partial charge in [0.2, 0.25) is 0 Å². The summed E-state index contributed by atoms with van der Waals surface area (Å²) in [6.07, 6.45) is 0. The maximum absolute atomic E-state index is 13.3. The third-order valence-corrected chi connectivity index (χ3v) is 6.14. The molecule has 1 N–H and O–H groups in total. The van der Waals surface area contributed by atoms with Crippen molar-refractivity contribution in [2.24, 2.45) is 0 Å². The molecule has 0 bridgehead atoms. The van der Waals surface area contributed by atoms with Crippen molar-refractivity contribution in [2.75, 3.05) is 18.1 Å². The number of aliphatic hydroxyl groups excluding tert-OH is 1. The van der Waals surface area contributed by atoms with Crippen LogP contribution < -0.4 is 14.4 Å². The molecule has 180 valence electrons. The van der Waals surface area contributed by atoms with Crippen molar-refractivity contribution in [3.8, 4) is 11.5 Å². The van der Waals surface area contributed by atoms with E-state index >= 15 is 0 Å². The van der Waals surface area contributed by atoms with Crippen LogP contribution >= 0.6 is 23.2 Å². The van der Waals surface area contributed by atoms with Crippen molar-refractivity contribution in [2.45, 2.75) is 19.9 Å². The van der Waals surface area contributed by atoms with E-state index in [2.05, 4.69) is 0 Å². The maximum atomic E-state index is 13.3. The SMILES string of the molecule is CCOc1ccc(C2/C(=C(\O)c3cc(OCC)ccc3Cl)C(=O)C(=O)N2c2ccc(Cl)cc2)cc1. The highest BCUT2D eigenvalue weighted by molar-refractivity contribution is 6.52. The van der Waals surface area contributed by atoms with E-state index in [0.717, 1.165) is 0 Å². The number of hydrogen-bond donors (Lipinski definition) is 1.